The molecule has 0 aromatic heterocycles. The standard InChI is InChI=1S/C11H24N4O/c1-10(2,3)4-14-5-11(7-16-8-11)6-15-9(12)13/h14H,4-8H2,1-3H3,(H4,12,13,15). The number of nitrogens with one attached hydrogen (secondary N) is 3. The highest BCUT2D eigenvalue weighted by molar-refractivity contribution is 5.74. The summed E-state index contributed by atoms with van der Waals surface area (Å²) in [5.41, 5.74) is 5.69. The van der Waals surface area contributed by atoms with Gasteiger partial charge in [0.25, 0.3) is 0 Å². The fourth-order valence-electron chi connectivity index (χ4n) is 1.64. The fourth-order valence-corrected chi connectivity index (χ4v) is 1.64. The van der Waals surface area contributed by atoms with Gasteiger partial charge in [-0.15, -0.1) is 0 Å². The van der Waals surface area contributed by atoms with Crippen molar-refractivity contribution in [2.24, 2.45) is 16.6 Å². The van der Waals surface area contributed by atoms with Crippen molar-refractivity contribution in [2.75, 3.05) is 32.8 Å². The number of hydrogen-bond donors (Lipinski definition) is 4. The Bertz CT molecular complexity index is 243. The van der Waals surface area contributed by atoms with Gasteiger partial charge in [0.1, 0.15) is 0 Å². The predicted molar refractivity (Wildman–Crippen MR) is 65.5 cm³/mol. The summed E-state index contributed by atoms with van der Waals surface area (Å²) in [5, 5.41) is 13.5. The third-order valence-electron chi connectivity index (χ3n) is 2.63. The SMILES string of the molecule is CC(C)(C)CNCC1(CNC(=N)N)COC1. The first-order valence-corrected chi connectivity index (χ1v) is 5.69. The Hall–Kier alpha value is -0.810. The third kappa shape index (κ3) is 4.37. The first kappa shape index (κ1) is 13.3. The van der Waals surface area contributed by atoms with Gasteiger partial charge in [-0.1, -0.05) is 20.8 Å². The molecule has 0 aliphatic carbocycles. The van der Waals surface area contributed by atoms with Crippen LogP contribution in [0.25, 0.3) is 0 Å². The van der Waals surface area contributed by atoms with E-state index in [1.165, 1.54) is 0 Å². The van der Waals surface area contributed by atoms with E-state index in [0.29, 0.717) is 12.0 Å². The molecule has 0 atom stereocenters. The Morgan fingerprint density at radius 3 is 2.38 bits per heavy atom. The van der Waals surface area contributed by atoms with Crippen LogP contribution < -0.4 is 16.4 Å². The molecule has 0 bridgehead atoms. The van der Waals surface area contributed by atoms with E-state index < -0.39 is 0 Å². The van der Waals surface area contributed by atoms with Crippen molar-refractivity contribution in [3.63, 3.8) is 0 Å². The molecule has 0 saturated carbocycles. The molecular weight excluding hydrogens is 204 g/mol. The molecule has 0 radical (unpaired) electrons. The van der Waals surface area contributed by atoms with Crippen molar-refractivity contribution in [3.05, 3.63) is 0 Å². The van der Waals surface area contributed by atoms with Gasteiger partial charge in [0.2, 0.25) is 0 Å². The van der Waals surface area contributed by atoms with Gasteiger partial charge < -0.3 is 21.1 Å². The van der Waals surface area contributed by atoms with Crippen LogP contribution in [0.5, 0.6) is 0 Å². The molecule has 0 amide bonds. The summed E-state index contributed by atoms with van der Waals surface area (Å²) in [5.74, 6) is 0.0297. The molecule has 0 aromatic carbocycles. The average molecular weight is 228 g/mol. The second-order valence-electron chi connectivity index (χ2n) is 5.92. The molecule has 1 saturated heterocycles. The first-order chi connectivity index (χ1) is 7.33. The highest BCUT2D eigenvalue weighted by atomic mass is 16.5. The Morgan fingerprint density at radius 1 is 1.38 bits per heavy atom. The average Bonchev–Trinajstić information content (AvgIpc) is 2.05. The molecule has 5 nitrogen and oxygen atoms in total. The van der Waals surface area contributed by atoms with Gasteiger partial charge in [0.05, 0.1) is 13.2 Å². The maximum Gasteiger partial charge on any atom is 0.185 e. The third-order valence-corrected chi connectivity index (χ3v) is 2.63. The molecule has 0 unspecified atom stereocenters. The van der Waals surface area contributed by atoms with Crippen LogP contribution in [-0.4, -0.2) is 38.8 Å². The van der Waals surface area contributed by atoms with Gasteiger partial charge in [-0.2, -0.15) is 0 Å². The van der Waals surface area contributed by atoms with E-state index in [-0.39, 0.29) is 11.4 Å². The zero-order valence-electron chi connectivity index (χ0n) is 10.5. The highest BCUT2D eigenvalue weighted by Crippen LogP contribution is 2.26. The van der Waals surface area contributed by atoms with E-state index in [1.807, 2.05) is 0 Å². The van der Waals surface area contributed by atoms with Gasteiger partial charge >= 0.3 is 0 Å². The molecular formula is C11H24N4O. The minimum atomic E-state index is 0.0297. The minimum Gasteiger partial charge on any atom is -0.380 e. The number of hydrogen-bond acceptors (Lipinski definition) is 3. The van der Waals surface area contributed by atoms with Gasteiger partial charge in [-0.05, 0) is 5.41 Å². The quantitative estimate of drug-likeness (QED) is 0.398. The van der Waals surface area contributed by atoms with Crippen LogP contribution in [-0.2, 0) is 4.74 Å². The largest absolute Gasteiger partial charge is 0.380 e. The van der Waals surface area contributed by atoms with Crippen LogP contribution in [0.3, 0.4) is 0 Å². The lowest BCUT2D eigenvalue weighted by Gasteiger charge is -2.42. The molecule has 94 valence electrons. The van der Waals surface area contributed by atoms with Crippen LogP contribution in [0.4, 0.5) is 0 Å². The fraction of sp³-hybridized carbons (Fsp3) is 0.909. The van der Waals surface area contributed by atoms with E-state index in [2.05, 4.69) is 31.4 Å². The van der Waals surface area contributed by atoms with Crippen LogP contribution >= 0.6 is 0 Å². The molecule has 1 heterocycles. The lowest BCUT2D eigenvalue weighted by molar-refractivity contribution is -0.107. The van der Waals surface area contributed by atoms with Gasteiger partial charge in [0, 0.05) is 25.0 Å². The summed E-state index contributed by atoms with van der Waals surface area (Å²) in [6.07, 6.45) is 0. The van der Waals surface area contributed by atoms with Gasteiger partial charge in [0.15, 0.2) is 5.96 Å². The van der Waals surface area contributed by atoms with E-state index >= 15 is 0 Å². The van der Waals surface area contributed by atoms with Crippen molar-refractivity contribution >= 4 is 5.96 Å². The maximum atomic E-state index is 7.16. The molecule has 1 aliphatic rings. The smallest absolute Gasteiger partial charge is 0.185 e. The minimum absolute atomic E-state index is 0.0297. The molecule has 0 aromatic rings. The number of nitrogens with two attached hydrogens (primary N) is 1. The number of rotatable bonds is 5. The van der Waals surface area contributed by atoms with Crippen molar-refractivity contribution in [2.45, 2.75) is 20.8 Å². The van der Waals surface area contributed by atoms with E-state index in [0.717, 1.165) is 26.3 Å². The molecule has 0 spiro atoms. The summed E-state index contributed by atoms with van der Waals surface area (Å²) in [6.45, 7) is 10.7. The summed E-state index contributed by atoms with van der Waals surface area (Å²) in [6, 6.07) is 0. The Kier molecular flexibility index (Phi) is 4.15. The van der Waals surface area contributed by atoms with E-state index in [9.17, 15) is 0 Å². The zero-order chi connectivity index (χ0) is 12.2. The van der Waals surface area contributed by atoms with E-state index in [4.69, 9.17) is 15.9 Å². The number of ether oxygens (including phenoxy) is 1. The Balaban J connectivity index is 2.28. The van der Waals surface area contributed by atoms with Crippen LogP contribution in [0.15, 0.2) is 0 Å². The van der Waals surface area contributed by atoms with Gasteiger partial charge in [-0.25, -0.2) is 0 Å². The van der Waals surface area contributed by atoms with Crippen LogP contribution in [0, 0.1) is 16.2 Å². The van der Waals surface area contributed by atoms with Gasteiger partial charge in [-0.3, -0.25) is 5.41 Å². The maximum absolute atomic E-state index is 7.16. The predicted octanol–water partition coefficient (Wildman–Crippen LogP) is 0.122. The second-order valence-corrected chi connectivity index (χ2v) is 5.92. The normalized spacial score (nSPS) is 18.9. The van der Waals surface area contributed by atoms with Crippen LogP contribution in [0.2, 0.25) is 0 Å². The lowest BCUT2D eigenvalue weighted by Crippen LogP contribution is -2.57. The second kappa shape index (κ2) is 5.01. The Morgan fingerprint density at radius 2 is 2.00 bits per heavy atom. The van der Waals surface area contributed by atoms with Crippen molar-refractivity contribution in [3.8, 4) is 0 Å². The summed E-state index contributed by atoms with van der Waals surface area (Å²) in [4.78, 5) is 0. The molecule has 1 rings (SSSR count). The molecule has 5 N–H and O–H groups in total. The molecule has 1 fully saturated rings. The molecule has 16 heavy (non-hydrogen) atoms. The van der Waals surface area contributed by atoms with E-state index in [1.54, 1.807) is 0 Å². The monoisotopic (exact) mass is 228 g/mol. The number of guanidine groups is 1. The molecule has 1 aliphatic heterocycles. The Labute approximate surface area is 97.6 Å². The lowest BCUT2D eigenvalue weighted by atomic mass is 9.85. The summed E-state index contributed by atoms with van der Waals surface area (Å²) >= 11 is 0. The van der Waals surface area contributed by atoms with Crippen LogP contribution in [0.1, 0.15) is 20.8 Å². The van der Waals surface area contributed by atoms with Crippen molar-refractivity contribution in [1.82, 2.24) is 10.6 Å². The summed E-state index contributed by atoms with van der Waals surface area (Å²) in [7, 11) is 0. The first-order valence-electron chi connectivity index (χ1n) is 5.69. The van der Waals surface area contributed by atoms with Crippen molar-refractivity contribution in [1.29, 1.82) is 5.41 Å². The summed E-state index contributed by atoms with van der Waals surface area (Å²) < 4.78 is 5.26. The van der Waals surface area contributed by atoms with Crippen molar-refractivity contribution < 1.29 is 4.74 Å². The zero-order valence-corrected chi connectivity index (χ0v) is 10.5. The topological polar surface area (TPSA) is 83.2 Å². The highest BCUT2D eigenvalue weighted by Gasteiger charge is 2.38. The molecule has 5 heteroatoms.